The molecule has 2 unspecified atom stereocenters. The quantitative estimate of drug-likeness (QED) is 0.404. The van der Waals surface area contributed by atoms with Crippen LogP contribution in [0.3, 0.4) is 0 Å². The lowest BCUT2D eigenvalue weighted by Gasteiger charge is -2.44. The van der Waals surface area contributed by atoms with Crippen LogP contribution in [-0.2, 0) is 34.5 Å². The maximum Gasteiger partial charge on any atom is 0.353 e. The summed E-state index contributed by atoms with van der Waals surface area (Å²) in [4.78, 5) is 0. The predicted octanol–water partition coefficient (Wildman–Crippen LogP) is 6.58. The number of hydrogen-bond donors (Lipinski definition) is 1. The van der Waals surface area contributed by atoms with E-state index >= 15 is 0 Å². The highest BCUT2D eigenvalue weighted by molar-refractivity contribution is 8.09. The van der Waals surface area contributed by atoms with Crippen LogP contribution in [0, 0.1) is 5.41 Å². The largest absolute Gasteiger partial charge is 0.353 e. The SMILES string of the molecule is CCOP(=S)(NC(c1ccccc1)P1(=O)OCC(C)(C)[C@H](c2ccccc2)O1)OCC. The zero-order valence-electron chi connectivity index (χ0n) is 18.4. The molecule has 0 aliphatic carbocycles. The van der Waals surface area contributed by atoms with Crippen LogP contribution in [0.25, 0.3) is 0 Å². The van der Waals surface area contributed by atoms with Crippen LogP contribution in [-0.4, -0.2) is 19.8 Å². The Morgan fingerprint density at radius 1 is 1.10 bits per heavy atom. The Balaban J connectivity index is 2.01. The van der Waals surface area contributed by atoms with Gasteiger partial charge < -0.3 is 13.6 Å². The fraction of sp³-hybridized carbons (Fsp3) is 0.455. The molecule has 2 aromatic rings. The summed E-state index contributed by atoms with van der Waals surface area (Å²) in [6.07, 6.45) is -0.404. The molecule has 2 aromatic carbocycles. The average molecular weight is 484 g/mol. The second-order valence-electron chi connectivity index (χ2n) is 7.97. The van der Waals surface area contributed by atoms with Gasteiger partial charge in [0.05, 0.1) is 25.9 Å². The monoisotopic (exact) mass is 483 g/mol. The first-order valence-electron chi connectivity index (χ1n) is 10.4. The highest BCUT2D eigenvalue weighted by Gasteiger charge is 2.50. The Bertz CT molecular complexity index is 931. The van der Waals surface area contributed by atoms with E-state index in [0.717, 1.165) is 11.1 Å². The van der Waals surface area contributed by atoms with Crippen molar-refractivity contribution in [1.82, 2.24) is 5.09 Å². The van der Waals surface area contributed by atoms with Gasteiger partial charge in [-0.15, -0.1) is 0 Å². The van der Waals surface area contributed by atoms with E-state index in [1.54, 1.807) is 0 Å². The summed E-state index contributed by atoms with van der Waals surface area (Å²) in [5.74, 6) is -0.819. The summed E-state index contributed by atoms with van der Waals surface area (Å²) in [6.45, 7) is 5.89. The van der Waals surface area contributed by atoms with Gasteiger partial charge in [-0.1, -0.05) is 74.5 Å². The fourth-order valence-corrected chi connectivity index (χ4v) is 9.13. The summed E-state index contributed by atoms with van der Waals surface area (Å²) >= 11 is 5.69. The van der Waals surface area contributed by atoms with Crippen molar-refractivity contribution < 1.29 is 22.7 Å². The van der Waals surface area contributed by atoms with E-state index in [1.165, 1.54) is 0 Å². The molecule has 0 amide bonds. The number of hydrogen-bond acceptors (Lipinski definition) is 6. The highest BCUT2D eigenvalue weighted by atomic mass is 32.5. The molecule has 0 saturated carbocycles. The first-order valence-corrected chi connectivity index (χ1v) is 14.7. The molecular formula is C22H31NO5P2S. The molecule has 3 rings (SSSR count). The van der Waals surface area contributed by atoms with Crippen molar-refractivity contribution in [3.63, 3.8) is 0 Å². The van der Waals surface area contributed by atoms with Gasteiger partial charge in [0, 0.05) is 5.41 Å². The first kappa shape index (κ1) is 24.8. The zero-order chi connectivity index (χ0) is 22.5. The lowest BCUT2D eigenvalue weighted by atomic mass is 9.83. The van der Waals surface area contributed by atoms with Crippen LogP contribution in [0.2, 0.25) is 0 Å². The Morgan fingerprint density at radius 2 is 1.65 bits per heavy atom. The molecule has 0 radical (unpaired) electrons. The number of benzene rings is 2. The Kier molecular flexibility index (Phi) is 8.28. The van der Waals surface area contributed by atoms with Crippen LogP contribution < -0.4 is 5.09 Å². The summed E-state index contributed by atoms with van der Waals surface area (Å²) in [7, 11) is -3.70. The van der Waals surface area contributed by atoms with Crippen LogP contribution >= 0.6 is 14.2 Å². The molecule has 6 nitrogen and oxygen atoms in total. The van der Waals surface area contributed by atoms with Gasteiger partial charge in [0.25, 0.3) is 6.64 Å². The third-order valence-electron chi connectivity index (χ3n) is 4.99. The zero-order valence-corrected chi connectivity index (χ0v) is 21.0. The lowest BCUT2D eigenvalue weighted by molar-refractivity contribution is -0.0300. The molecule has 1 saturated heterocycles. The molecule has 0 bridgehead atoms. The summed E-state index contributed by atoms with van der Waals surface area (Å²) in [6, 6.07) is 19.2. The molecule has 0 spiro atoms. The first-order chi connectivity index (χ1) is 14.7. The highest BCUT2D eigenvalue weighted by Crippen LogP contribution is 2.69. The minimum Gasteiger partial charge on any atom is -0.318 e. The van der Waals surface area contributed by atoms with Crippen molar-refractivity contribution in [3.8, 4) is 0 Å². The second-order valence-corrected chi connectivity index (χ2v) is 13.3. The maximum absolute atomic E-state index is 14.2. The summed E-state index contributed by atoms with van der Waals surface area (Å²) in [5.41, 5.74) is 1.33. The standard InChI is InChI=1S/C22H31NO5P2S/c1-5-25-30(31,26-6-2)23-21(19-15-11-8-12-16-19)29(24)27-17-22(3,4)20(28-29)18-13-9-7-10-14-18/h7-16,20-21H,5-6,17H2,1-4H3,(H,23,31)/t20-,21?,29?/m0/s1. The smallest absolute Gasteiger partial charge is 0.318 e. The van der Waals surface area contributed by atoms with E-state index in [-0.39, 0.29) is 12.0 Å². The molecule has 170 valence electrons. The molecule has 3 atom stereocenters. The van der Waals surface area contributed by atoms with Gasteiger partial charge in [-0.2, -0.15) is 0 Å². The van der Waals surface area contributed by atoms with Gasteiger partial charge in [-0.05, 0) is 36.8 Å². The normalized spacial score (nSPS) is 24.6. The third kappa shape index (κ3) is 5.93. The Morgan fingerprint density at radius 3 is 2.19 bits per heavy atom. The van der Waals surface area contributed by atoms with Crippen LogP contribution in [0.4, 0.5) is 0 Å². The van der Waals surface area contributed by atoms with Crippen LogP contribution in [0.5, 0.6) is 0 Å². The molecule has 31 heavy (non-hydrogen) atoms. The van der Waals surface area contributed by atoms with E-state index in [1.807, 2.05) is 88.4 Å². The van der Waals surface area contributed by atoms with Gasteiger partial charge in [-0.25, -0.2) is 5.09 Å². The van der Waals surface area contributed by atoms with Gasteiger partial charge in [0.15, 0.2) is 0 Å². The summed E-state index contributed by atoms with van der Waals surface area (Å²) in [5, 5.41) is 3.23. The minimum atomic E-state index is -3.70. The van der Waals surface area contributed by atoms with Crippen molar-refractivity contribution in [3.05, 3.63) is 71.8 Å². The topological polar surface area (TPSA) is 66.0 Å². The van der Waals surface area contributed by atoms with Crippen LogP contribution in [0.15, 0.2) is 60.7 Å². The average Bonchev–Trinajstić information content (AvgIpc) is 2.76. The third-order valence-corrected chi connectivity index (χ3v) is 9.97. The van der Waals surface area contributed by atoms with Crippen molar-refractivity contribution >= 4 is 26.0 Å². The van der Waals surface area contributed by atoms with E-state index in [4.69, 9.17) is 29.9 Å². The molecule has 9 heteroatoms. The van der Waals surface area contributed by atoms with Gasteiger partial charge in [0.2, 0.25) is 0 Å². The number of nitrogens with one attached hydrogen (secondary N) is 1. The molecule has 1 aliphatic rings. The van der Waals surface area contributed by atoms with E-state index in [0.29, 0.717) is 13.2 Å². The van der Waals surface area contributed by atoms with Crippen molar-refractivity contribution in [1.29, 1.82) is 0 Å². The molecule has 0 aromatic heterocycles. The Labute approximate surface area is 190 Å². The number of rotatable bonds is 9. The van der Waals surface area contributed by atoms with Gasteiger partial charge in [0.1, 0.15) is 5.78 Å². The lowest BCUT2D eigenvalue weighted by Crippen LogP contribution is -2.36. The van der Waals surface area contributed by atoms with Crippen LogP contribution in [0.1, 0.15) is 50.7 Å². The molecule has 1 aliphatic heterocycles. The summed E-state index contributed by atoms with van der Waals surface area (Å²) < 4.78 is 38.1. The Hall–Kier alpha value is -0.880. The maximum atomic E-state index is 14.2. The molecule has 1 fully saturated rings. The van der Waals surface area contributed by atoms with Crippen molar-refractivity contribution in [2.75, 3.05) is 19.8 Å². The molecule has 1 N–H and O–H groups in total. The van der Waals surface area contributed by atoms with Crippen molar-refractivity contribution in [2.24, 2.45) is 5.41 Å². The van der Waals surface area contributed by atoms with Gasteiger partial charge >= 0.3 is 7.60 Å². The van der Waals surface area contributed by atoms with Gasteiger partial charge in [-0.3, -0.25) is 9.09 Å². The van der Waals surface area contributed by atoms with E-state index in [9.17, 15) is 4.57 Å². The molecular weight excluding hydrogens is 452 g/mol. The second kappa shape index (κ2) is 10.4. The fourth-order valence-electron chi connectivity index (χ4n) is 3.49. The minimum absolute atomic E-state index is 0.279. The molecule has 1 heterocycles. The van der Waals surface area contributed by atoms with E-state index < -0.39 is 26.1 Å². The van der Waals surface area contributed by atoms with Crippen molar-refractivity contribution in [2.45, 2.75) is 39.6 Å². The van der Waals surface area contributed by atoms with E-state index in [2.05, 4.69) is 5.09 Å². The predicted molar refractivity (Wildman–Crippen MR) is 127 cm³/mol.